The summed E-state index contributed by atoms with van der Waals surface area (Å²) in [6.45, 7) is 6.60. The Labute approximate surface area is 119 Å². The molecule has 5 nitrogen and oxygen atoms in total. The van der Waals surface area contributed by atoms with Crippen molar-refractivity contribution < 1.29 is 4.74 Å². The van der Waals surface area contributed by atoms with Gasteiger partial charge < -0.3 is 10.5 Å². The van der Waals surface area contributed by atoms with Crippen molar-refractivity contribution >= 4 is 0 Å². The lowest BCUT2D eigenvalue weighted by Crippen LogP contribution is -2.13. The highest BCUT2D eigenvalue weighted by Crippen LogP contribution is 2.26. The number of nitrogens with zero attached hydrogens (tertiary/aromatic N) is 3. The number of ether oxygens (including phenoxy) is 1. The average molecular weight is 274 g/mol. The quantitative estimate of drug-likeness (QED) is 0.879. The molecule has 0 aliphatic rings. The second kappa shape index (κ2) is 6.52. The second-order valence-corrected chi connectivity index (χ2v) is 5.06. The third-order valence-corrected chi connectivity index (χ3v) is 3.25. The Morgan fingerprint density at radius 1 is 1.30 bits per heavy atom. The van der Waals surface area contributed by atoms with E-state index < -0.39 is 0 Å². The van der Waals surface area contributed by atoms with Crippen LogP contribution in [0.4, 0.5) is 0 Å². The molecular weight excluding hydrogens is 252 g/mol. The van der Waals surface area contributed by atoms with Crippen LogP contribution in [0.3, 0.4) is 0 Å². The van der Waals surface area contributed by atoms with E-state index in [1.807, 2.05) is 28.9 Å². The van der Waals surface area contributed by atoms with Gasteiger partial charge in [0.1, 0.15) is 18.7 Å². The Bertz CT molecular complexity index is 550. The van der Waals surface area contributed by atoms with Crippen LogP contribution < -0.4 is 10.5 Å². The zero-order chi connectivity index (χ0) is 14.5. The Hall–Kier alpha value is -1.88. The molecule has 0 unspecified atom stereocenters. The molecule has 2 rings (SSSR count). The summed E-state index contributed by atoms with van der Waals surface area (Å²) in [5, 5.41) is 4.20. The fraction of sp³-hybridized carbons (Fsp3) is 0.467. The van der Waals surface area contributed by atoms with Crippen molar-refractivity contribution in [3.63, 3.8) is 0 Å². The average Bonchev–Trinajstić information content (AvgIpc) is 2.93. The molecule has 0 radical (unpaired) electrons. The van der Waals surface area contributed by atoms with E-state index in [2.05, 4.69) is 30.9 Å². The van der Waals surface area contributed by atoms with Crippen molar-refractivity contribution in [2.75, 3.05) is 0 Å². The monoisotopic (exact) mass is 274 g/mol. The fourth-order valence-electron chi connectivity index (χ4n) is 2.09. The number of hydrogen-bond donors (Lipinski definition) is 1. The van der Waals surface area contributed by atoms with Gasteiger partial charge in [-0.05, 0) is 26.3 Å². The highest BCUT2D eigenvalue weighted by atomic mass is 16.5. The van der Waals surface area contributed by atoms with Gasteiger partial charge in [-0.3, -0.25) is 0 Å². The van der Waals surface area contributed by atoms with Crippen molar-refractivity contribution in [3.05, 3.63) is 42.0 Å². The summed E-state index contributed by atoms with van der Waals surface area (Å²) < 4.78 is 7.76. The molecule has 0 amide bonds. The Kier molecular flexibility index (Phi) is 4.74. The standard InChI is InChI=1S/C15H22N4O/c1-4-13(16)12-7-5-6-8-14(12)20-9-15-17-10-18-19(15)11(2)3/h5-8,10-11,13H,4,9,16H2,1-3H3/t13-/m1/s1. The zero-order valence-corrected chi connectivity index (χ0v) is 12.3. The van der Waals surface area contributed by atoms with Crippen LogP contribution in [0.2, 0.25) is 0 Å². The highest BCUT2D eigenvalue weighted by molar-refractivity contribution is 5.35. The predicted octanol–water partition coefficient (Wildman–Crippen LogP) is 2.85. The van der Waals surface area contributed by atoms with Crippen LogP contribution in [-0.2, 0) is 6.61 Å². The molecule has 1 aromatic heterocycles. The molecule has 0 fully saturated rings. The molecule has 1 atom stereocenters. The molecular formula is C15H22N4O. The highest BCUT2D eigenvalue weighted by Gasteiger charge is 2.12. The van der Waals surface area contributed by atoms with Crippen molar-refractivity contribution in [1.82, 2.24) is 14.8 Å². The van der Waals surface area contributed by atoms with Gasteiger partial charge in [0.15, 0.2) is 5.82 Å². The van der Waals surface area contributed by atoms with Crippen LogP contribution in [0, 0.1) is 0 Å². The molecule has 0 aliphatic heterocycles. The first kappa shape index (κ1) is 14.5. The minimum Gasteiger partial charge on any atom is -0.485 e. The molecule has 5 heteroatoms. The first-order valence-electron chi connectivity index (χ1n) is 6.99. The first-order chi connectivity index (χ1) is 9.63. The van der Waals surface area contributed by atoms with Crippen molar-refractivity contribution in [2.24, 2.45) is 5.73 Å². The van der Waals surface area contributed by atoms with Gasteiger partial charge in [0.25, 0.3) is 0 Å². The van der Waals surface area contributed by atoms with E-state index in [0.717, 1.165) is 23.6 Å². The third kappa shape index (κ3) is 3.17. The van der Waals surface area contributed by atoms with E-state index >= 15 is 0 Å². The Morgan fingerprint density at radius 2 is 2.05 bits per heavy atom. The molecule has 1 aromatic carbocycles. The molecule has 0 aliphatic carbocycles. The lowest BCUT2D eigenvalue weighted by molar-refractivity contribution is 0.278. The number of para-hydroxylation sites is 1. The van der Waals surface area contributed by atoms with E-state index in [1.165, 1.54) is 0 Å². The van der Waals surface area contributed by atoms with Gasteiger partial charge in [0.2, 0.25) is 0 Å². The normalized spacial score (nSPS) is 12.7. The van der Waals surface area contributed by atoms with Gasteiger partial charge >= 0.3 is 0 Å². The van der Waals surface area contributed by atoms with E-state index in [-0.39, 0.29) is 12.1 Å². The van der Waals surface area contributed by atoms with Gasteiger partial charge in [-0.25, -0.2) is 9.67 Å². The van der Waals surface area contributed by atoms with Crippen LogP contribution in [0.5, 0.6) is 5.75 Å². The first-order valence-corrected chi connectivity index (χ1v) is 6.99. The number of hydrogen-bond acceptors (Lipinski definition) is 4. The number of aromatic nitrogens is 3. The number of rotatable bonds is 6. The minimum absolute atomic E-state index is 0.00540. The molecule has 20 heavy (non-hydrogen) atoms. The summed E-state index contributed by atoms with van der Waals surface area (Å²) in [7, 11) is 0. The van der Waals surface area contributed by atoms with Crippen LogP contribution >= 0.6 is 0 Å². The van der Waals surface area contributed by atoms with Crippen molar-refractivity contribution in [1.29, 1.82) is 0 Å². The van der Waals surface area contributed by atoms with Gasteiger partial charge in [-0.2, -0.15) is 5.10 Å². The summed E-state index contributed by atoms with van der Waals surface area (Å²) in [6, 6.07) is 8.15. The smallest absolute Gasteiger partial charge is 0.165 e. The molecule has 2 N–H and O–H groups in total. The summed E-state index contributed by atoms with van der Waals surface area (Å²) in [5.41, 5.74) is 7.14. The molecule has 1 heterocycles. The molecule has 108 valence electrons. The van der Waals surface area contributed by atoms with Crippen LogP contribution in [-0.4, -0.2) is 14.8 Å². The van der Waals surface area contributed by atoms with Crippen LogP contribution in [0.15, 0.2) is 30.6 Å². The summed E-state index contributed by atoms with van der Waals surface area (Å²) in [6.07, 6.45) is 2.44. The van der Waals surface area contributed by atoms with Gasteiger partial charge in [-0.15, -0.1) is 0 Å². The lowest BCUT2D eigenvalue weighted by atomic mass is 10.0. The molecule has 0 saturated carbocycles. The fourth-order valence-corrected chi connectivity index (χ4v) is 2.09. The van der Waals surface area contributed by atoms with E-state index in [1.54, 1.807) is 6.33 Å². The van der Waals surface area contributed by atoms with Gasteiger partial charge in [0, 0.05) is 17.6 Å². The van der Waals surface area contributed by atoms with E-state index in [4.69, 9.17) is 10.5 Å². The maximum atomic E-state index is 6.11. The SMILES string of the molecule is CC[C@@H](N)c1ccccc1OCc1ncnn1C(C)C. The van der Waals surface area contributed by atoms with Crippen molar-refractivity contribution in [3.8, 4) is 5.75 Å². The minimum atomic E-state index is -0.00540. The summed E-state index contributed by atoms with van der Waals surface area (Å²) in [5.74, 6) is 1.64. The van der Waals surface area contributed by atoms with Gasteiger partial charge in [-0.1, -0.05) is 25.1 Å². The largest absolute Gasteiger partial charge is 0.485 e. The Balaban J connectivity index is 2.13. The number of nitrogens with two attached hydrogens (primary N) is 1. The lowest BCUT2D eigenvalue weighted by Gasteiger charge is -2.16. The van der Waals surface area contributed by atoms with E-state index in [0.29, 0.717) is 6.61 Å². The maximum Gasteiger partial charge on any atom is 0.165 e. The zero-order valence-electron chi connectivity index (χ0n) is 12.3. The third-order valence-electron chi connectivity index (χ3n) is 3.25. The number of benzene rings is 1. The van der Waals surface area contributed by atoms with Crippen LogP contribution in [0.1, 0.15) is 50.7 Å². The maximum absolute atomic E-state index is 6.11. The molecule has 0 bridgehead atoms. The summed E-state index contributed by atoms with van der Waals surface area (Å²) in [4.78, 5) is 4.24. The molecule has 0 saturated heterocycles. The second-order valence-electron chi connectivity index (χ2n) is 5.06. The molecule has 0 spiro atoms. The summed E-state index contributed by atoms with van der Waals surface area (Å²) >= 11 is 0. The van der Waals surface area contributed by atoms with Gasteiger partial charge in [0.05, 0.1) is 0 Å². The van der Waals surface area contributed by atoms with Crippen LogP contribution in [0.25, 0.3) is 0 Å². The van der Waals surface area contributed by atoms with E-state index in [9.17, 15) is 0 Å². The predicted molar refractivity (Wildman–Crippen MR) is 78.4 cm³/mol. The topological polar surface area (TPSA) is 66.0 Å². The van der Waals surface area contributed by atoms with Crippen molar-refractivity contribution in [2.45, 2.75) is 45.9 Å². The Morgan fingerprint density at radius 3 is 2.75 bits per heavy atom. The molecule has 2 aromatic rings.